The molecule has 0 bridgehead atoms. The van der Waals surface area contributed by atoms with Gasteiger partial charge in [-0.25, -0.2) is 9.97 Å². The smallest absolute Gasteiger partial charge is 0.190 e. The standard InChI is InChI=1S/C11H11N5S2/c12-9-8-2-6-17-10(8)15-11(14-9)18-7-5-16-4-1-3-13-16/h1-4,6H,5,7H2,(H2,12,14,15). The van der Waals surface area contributed by atoms with Gasteiger partial charge in [-0.1, -0.05) is 11.8 Å². The van der Waals surface area contributed by atoms with Crippen molar-refractivity contribution in [3.63, 3.8) is 0 Å². The monoisotopic (exact) mass is 277 g/mol. The number of aryl methyl sites for hydroxylation is 1. The summed E-state index contributed by atoms with van der Waals surface area (Å²) in [7, 11) is 0. The minimum atomic E-state index is 0.558. The molecule has 7 heteroatoms. The van der Waals surface area contributed by atoms with Gasteiger partial charge in [0, 0.05) is 18.1 Å². The molecule has 0 aliphatic rings. The van der Waals surface area contributed by atoms with Crippen molar-refractivity contribution >= 4 is 39.1 Å². The molecule has 0 radical (unpaired) electrons. The van der Waals surface area contributed by atoms with E-state index in [1.165, 1.54) is 0 Å². The molecule has 0 amide bonds. The molecule has 3 heterocycles. The molecule has 18 heavy (non-hydrogen) atoms. The molecule has 0 aliphatic heterocycles. The zero-order chi connectivity index (χ0) is 12.4. The van der Waals surface area contributed by atoms with Crippen LogP contribution in [0.5, 0.6) is 0 Å². The number of nitrogen functional groups attached to an aromatic ring is 1. The van der Waals surface area contributed by atoms with Crippen molar-refractivity contribution in [2.75, 3.05) is 11.5 Å². The quantitative estimate of drug-likeness (QED) is 0.585. The minimum absolute atomic E-state index is 0.558. The SMILES string of the molecule is Nc1nc(SCCn2cccn2)nc2sccc12. The van der Waals surface area contributed by atoms with Crippen LogP contribution in [0.4, 0.5) is 5.82 Å². The van der Waals surface area contributed by atoms with Crippen LogP contribution in [0.15, 0.2) is 35.1 Å². The molecule has 0 unspecified atom stereocenters. The molecule has 0 atom stereocenters. The van der Waals surface area contributed by atoms with E-state index in [0.29, 0.717) is 5.82 Å². The van der Waals surface area contributed by atoms with Crippen LogP contribution in [0.25, 0.3) is 10.2 Å². The highest BCUT2D eigenvalue weighted by atomic mass is 32.2. The summed E-state index contributed by atoms with van der Waals surface area (Å²) in [6.45, 7) is 0.837. The lowest BCUT2D eigenvalue weighted by atomic mass is 10.4. The molecule has 2 N–H and O–H groups in total. The lowest BCUT2D eigenvalue weighted by Gasteiger charge is -2.02. The molecule has 0 spiro atoms. The van der Waals surface area contributed by atoms with E-state index in [1.807, 2.05) is 28.4 Å². The van der Waals surface area contributed by atoms with E-state index in [0.717, 1.165) is 27.7 Å². The van der Waals surface area contributed by atoms with Crippen molar-refractivity contribution in [3.05, 3.63) is 29.9 Å². The minimum Gasteiger partial charge on any atom is -0.383 e. The van der Waals surface area contributed by atoms with Crippen molar-refractivity contribution in [2.24, 2.45) is 0 Å². The number of nitrogens with zero attached hydrogens (tertiary/aromatic N) is 4. The number of hydrogen-bond donors (Lipinski definition) is 1. The van der Waals surface area contributed by atoms with Crippen LogP contribution < -0.4 is 5.73 Å². The van der Waals surface area contributed by atoms with Crippen molar-refractivity contribution in [1.82, 2.24) is 19.7 Å². The van der Waals surface area contributed by atoms with Gasteiger partial charge >= 0.3 is 0 Å². The van der Waals surface area contributed by atoms with Gasteiger partial charge in [-0.2, -0.15) is 5.10 Å². The fourth-order valence-electron chi connectivity index (χ4n) is 1.59. The van der Waals surface area contributed by atoms with E-state index < -0.39 is 0 Å². The first-order valence-electron chi connectivity index (χ1n) is 5.44. The highest BCUT2D eigenvalue weighted by Gasteiger charge is 2.06. The number of fused-ring (bicyclic) bond motifs is 1. The molecule has 92 valence electrons. The Morgan fingerprint density at radius 2 is 2.33 bits per heavy atom. The lowest BCUT2D eigenvalue weighted by molar-refractivity contribution is 0.666. The van der Waals surface area contributed by atoms with E-state index >= 15 is 0 Å². The normalized spacial score (nSPS) is 11.1. The predicted octanol–water partition coefficient (Wildman–Crippen LogP) is 2.26. The number of anilines is 1. The number of nitrogens with two attached hydrogens (primary N) is 1. The van der Waals surface area contributed by atoms with Crippen LogP contribution in [0.2, 0.25) is 0 Å². The Labute approximate surface area is 112 Å². The average molecular weight is 277 g/mol. The van der Waals surface area contributed by atoms with Crippen LogP contribution in [0, 0.1) is 0 Å². The average Bonchev–Trinajstić information content (AvgIpc) is 2.99. The summed E-state index contributed by atoms with van der Waals surface area (Å²) in [6, 6.07) is 3.87. The Kier molecular flexibility index (Phi) is 3.16. The Hall–Kier alpha value is -1.60. The number of thiophene rings is 1. The second kappa shape index (κ2) is 4.95. The molecule has 0 saturated carbocycles. The van der Waals surface area contributed by atoms with Crippen LogP contribution >= 0.6 is 23.1 Å². The second-order valence-corrected chi connectivity index (χ2v) is 5.61. The molecule has 0 fully saturated rings. The molecule has 3 aromatic rings. The largest absolute Gasteiger partial charge is 0.383 e. The summed E-state index contributed by atoms with van der Waals surface area (Å²) in [5, 5.41) is 7.80. The molecule has 5 nitrogen and oxygen atoms in total. The van der Waals surface area contributed by atoms with Crippen LogP contribution in [-0.4, -0.2) is 25.5 Å². The van der Waals surface area contributed by atoms with Gasteiger partial charge in [0.1, 0.15) is 10.6 Å². The first-order chi connectivity index (χ1) is 8.83. The Morgan fingerprint density at radius 3 is 3.17 bits per heavy atom. The summed E-state index contributed by atoms with van der Waals surface area (Å²) in [6.07, 6.45) is 3.72. The van der Waals surface area contributed by atoms with Gasteiger partial charge in [0.2, 0.25) is 0 Å². The van der Waals surface area contributed by atoms with Crippen molar-refractivity contribution in [1.29, 1.82) is 0 Å². The molecule has 0 aromatic carbocycles. The summed E-state index contributed by atoms with van der Waals surface area (Å²) in [5.41, 5.74) is 5.89. The summed E-state index contributed by atoms with van der Waals surface area (Å²) >= 11 is 3.18. The van der Waals surface area contributed by atoms with Crippen molar-refractivity contribution < 1.29 is 0 Å². The molecule has 0 saturated heterocycles. The van der Waals surface area contributed by atoms with E-state index in [1.54, 1.807) is 29.3 Å². The molecular formula is C11H11N5S2. The number of aromatic nitrogens is 4. The van der Waals surface area contributed by atoms with Gasteiger partial charge < -0.3 is 5.73 Å². The fraction of sp³-hybridized carbons (Fsp3) is 0.182. The van der Waals surface area contributed by atoms with E-state index in [2.05, 4.69) is 15.1 Å². The predicted molar refractivity (Wildman–Crippen MR) is 74.8 cm³/mol. The molecular weight excluding hydrogens is 266 g/mol. The molecule has 3 rings (SSSR count). The third kappa shape index (κ3) is 2.32. The van der Waals surface area contributed by atoms with Crippen molar-refractivity contribution in [3.8, 4) is 0 Å². The third-order valence-electron chi connectivity index (χ3n) is 2.44. The number of thioether (sulfide) groups is 1. The zero-order valence-corrected chi connectivity index (χ0v) is 11.1. The van der Waals surface area contributed by atoms with Gasteiger partial charge in [0.05, 0.1) is 11.9 Å². The Bertz CT molecular complexity index is 647. The van der Waals surface area contributed by atoms with Crippen LogP contribution in [0.3, 0.4) is 0 Å². The summed E-state index contributed by atoms with van der Waals surface area (Å²) in [4.78, 5) is 9.72. The van der Waals surface area contributed by atoms with E-state index in [9.17, 15) is 0 Å². The first kappa shape index (κ1) is 11.5. The summed E-state index contributed by atoms with van der Waals surface area (Å²) in [5.74, 6) is 1.43. The molecule has 0 aliphatic carbocycles. The highest BCUT2D eigenvalue weighted by Crippen LogP contribution is 2.26. The fourth-order valence-corrected chi connectivity index (χ4v) is 3.19. The first-order valence-corrected chi connectivity index (χ1v) is 7.30. The third-order valence-corrected chi connectivity index (χ3v) is 4.08. The second-order valence-electron chi connectivity index (χ2n) is 3.65. The maximum atomic E-state index is 5.89. The maximum absolute atomic E-state index is 5.89. The van der Waals surface area contributed by atoms with Gasteiger partial charge in [0.25, 0.3) is 0 Å². The number of rotatable bonds is 4. The zero-order valence-electron chi connectivity index (χ0n) is 9.48. The summed E-state index contributed by atoms with van der Waals surface area (Å²) < 4.78 is 1.89. The van der Waals surface area contributed by atoms with E-state index in [-0.39, 0.29) is 0 Å². The topological polar surface area (TPSA) is 69.6 Å². The maximum Gasteiger partial charge on any atom is 0.190 e. The Balaban J connectivity index is 1.70. The van der Waals surface area contributed by atoms with E-state index in [4.69, 9.17) is 5.73 Å². The van der Waals surface area contributed by atoms with Gasteiger partial charge in [0.15, 0.2) is 5.16 Å². The van der Waals surface area contributed by atoms with Crippen LogP contribution in [-0.2, 0) is 6.54 Å². The highest BCUT2D eigenvalue weighted by molar-refractivity contribution is 7.99. The van der Waals surface area contributed by atoms with Gasteiger partial charge in [-0.15, -0.1) is 11.3 Å². The lowest BCUT2D eigenvalue weighted by Crippen LogP contribution is -2.01. The van der Waals surface area contributed by atoms with Crippen molar-refractivity contribution in [2.45, 2.75) is 11.7 Å². The van der Waals surface area contributed by atoms with Gasteiger partial charge in [-0.05, 0) is 17.5 Å². The Morgan fingerprint density at radius 1 is 1.39 bits per heavy atom. The number of hydrogen-bond acceptors (Lipinski definition) is 6. The molecule has 3 aromatic heterocycles. The van der Waals surface area contributed by atoms with Crippen LogP contribution in [0.1, 0.15) is 0 Å². The van der Waals surface area contributed by atoms with Gasteiger partial charge in [-0.3, -0.25) is 4.68 Å².